The highest BCUT2D eigenvalue weighted by Crippen LogP contribution is 2.51. The second kappa shape index (κ2) is 9.50. The summed E-state index contributed by atoms with van der Waals surface area (Å²) in [6.45, 7) is 3.72. The van der Waals surface area contributed by atoms with E-state index in [4.69, 9.17) is 4.84 Å². The van der Waals surface area contributed by atoms with E-state index < -0.39 is 22.8 Å². The van der Waals surface area contributed by atoms with Crippen molar-refractivity contribution in [1.82, 2.24) is 10.2 Å². The first-order chi connectivity index (χ1) is 16.2. The molecule has 0 radical (unpaired) electrons. The number of carboxylic acids is 1. The topological polar surface area (TPSA) is 108 Å². The number of hydrogen-bond donors (Lipinski definition) is 2. The Balaban J connectivity index is 1.35. The van der Waals surface area contributed by atoms with Gasteiger partial charge in [0.05, 0.1) is 0 Å². The Labute approximate surface area is 202 Å². The van der Waals surface area contributed by atoms with Crippen molar-refractivity contribution in [1.29, 1.82) is 0 Å². The van der Waals surface area contributed by atoms with E-state index in [0.717, 1.165) is 11.1 Å². The number of aliphatic carboxylic acids is 1. The molecule has 2 N–H and O–H groups in total. The van der Waals surface area contributed by atoms with Gasteiger partial charge in [0.2, 0.25) is 5.91 Å². The minimum Gasteiger partial charge on any atom is -0.480 e. The van der Waals surface area contributed by atoms with Crippen molar-refractivity contribution in [2.24, 2.45) is 5.16 Å². The van der Waals surface area contributed by atoms with E-state index in [-0.39, 0.29) is 29.9 Å². The van der Waals surface area contributed by atoms with Gasteiger partial charge in [-0.2, -0.15) is 0 Å². The fourth-order valence-corrected chi connectivity index (χ4v) is 6.09. The summed E-state index contributed by atoms with van der Waals surface area (Å²) in [7, 11) is 1.38. The predicted molar refractivity (Wildman–Crippen MR) is 131 cm³/mol. The molecule has 9 heteroatoms. The van der Waals surface area contributed by atoms with Crippen LogP contribution >= 0.6 is 11.8 Å². The Bertz CT molecular complexity index is 1120. The van der Waals surface area contributed by atoms with Gasteiger partial charge in [-0.1, -0.05) is 59.8 Å². The highest BCUT2D eigenvalue weighted by Gasteiger charge is 2.63. The summed E-state index contributed by atoms with van der Waals surface area (Å²) >= 11 is 1.48. The van der Waals surface area contributed by atoms with E-state index in [0.29, 0.717) is 11.4 Å². The Morgan fingerprint density at radius 1 is 1.06 bits per heavy atom. The number of oxime groups is 1. The number of ketones is 1. The number of rotatable bonds is 8. The molecule has 2 fully saturated rings. The molecule has 0 bridgehead atoms. The molecule has 0 spiro atoms. The summed E-state index contributed by atoms with van der Waals surface area (Å²) in [6, 6.07) is 16.0. The van der Waals surface area contributed by atoms with Crippen LogP contribution in [0.5, 0.6) is 0 Å². The smallest absolute Gasteiger partial charge is 0.327 e. The molecule has 8 nitrogen and oxygen atoms in total. The normalized spacial score (nSPS) is 23.7. The molecular weight excluding hydrogens is 454 g/mol. The van der Waals surface area contributed by atoms with Gasteiger partial charge in [-0.05, 0) is 25.0 Å². The van der Waals surface area contributed by atoms with Crippen LogP contribution in [0.25, 0.3) is 11.1 Å². The first kappa shape index (κ1) is 23.8. The standard InChI is InChI=1S/C25H27N3O5S/c1-25(2)21(24(31)32)28-22(27-33-3)20(23(28)34-25)26-19(30)14-13-18(29)17-11-9-16(10-12-17)15-7-5-4-6-8-15/h4-12,20-21,23H,13-14H2,1-3H3,(H,26,30)(H,31,32)/t20-,21+,23-/m1/s1. The maximum atomic E-state index is 12.6. The number of amides is 1. The van der Waals surface area contributed by atoms with Gasteiger partial charge in [0, 0.05) is 23.2 Å². The number of carbonyl (C=O) groups excluding carboxylic acids is 2. The number of hydrogen-bond acceptors (Lipinski definition) is 6. The fraction of sp³-hybridized carbons (Fsp3) is 0.360. The molecule has 2 aromatic rings. The van der Waals surface area contributed by atoms with Crippen molar-refractivity contribution in [2.45, 2.75) is 48.9 Å². The lowest BCUT2D eigenvalue weighted by Gasteiger charge is -2.46. The van der Waals surface area contributed by atoms with Crippen molar-refractivity contribution >= 4 is 35.3 Å². The molecule has 2 aliphatic heterocycles. The van der Waals surface area contributed by atoms with E-state index in [1.807, 2.05) is 56.3 Å². The molecule has 2 aromatic carbocycles. The maximum Gasteiger partial charge on any atom is 0.327 e. The number of fused-ring (bicyclic) bond motifs is 1. The third kappa shape index (κ3) is 4.52. The summed E-state index contributed by atoms with van der Waals surface area (Å²) in [5.74, 6) is -0.968. The van der Waals surface area contributed by atoms with Gasteiger partial charge in [-0.3, -0.25) is 9.59 Å². The molecule has 178 valence electrons. The van der Waals surface area contributed by atoms with Crippen LogP contribution in [0.15, 0.2) is 59.8 Å². The second-order valence-corrected chi connectivity index (χ2v) is 10.6. The number of carboxylic acid groups (broad SMARTS) is 1. The summed E-state index contributed by atoms with van der Waals surface area (Å²) in [5, 5.41) is 16.3. The van der Waals surface area contributed by atoms with E-state index >= 15 is 0 Å². The van der Waals surface area contributed by atoms with Crippen LogP contribution in [0, 0.1) is 0 Å². The zero-order valence-electron chi connectivity index (χ0n) is 19.2. The lowest BCUT2D eigenvalue weighted by molar-refractivity contribution is -0.143. The lowest BCUT2D eigenvalue weighted by atomic mass is 9.95. The summed E-state index contributed by atoms with van der Waals surface area (Å²) in [6.07, 6.45) is 0.101. The Kier molecular flexibility index (Phi) is 6.65. The average molecular weight is 482 g/mol. The Hall–Kier alpha value is -3.33. The van der Waals surface area contributed by atoms with Crippen LogP contribution < -0.4 is 5.32 Å². The molecule has 2 heterocycles. The fourth-order valence-electron chi connectivity index (χ4n) is 4.46. The van der Waals surface area contributed by atoms with Gasteiger partial charge in [0.15, 0.2) is 11.6 Å². The molecule has 0 saturated carbocycles. The highest BCUT2D eigenvalue weighted by molar-refractivity contribution is 8.01. The van der Waals surface area contributed by atoms with Crippen LogP contribution in [0.3, 0.4) is 0 Å². The number of amidine groups is 1. The summed E-state index contributed by atoms with van der Waals surface area (Å²) in [5.41, 5.74) is 2.65. The second-order valence-electron chi connectivity index (χ2n) is 8.80. The maximum absolute atomic E-state index is 12.6. The SMILES string of the molecule is CON=C1[C@@H](NC(=O)CCC(=O)c2ccc(-c3ccccc3)cc2)[C@H]2SC(C)(C)[C@H](C(=O)O)N12. The monoisotopic (exact) mass is 481 g/mol. The zero-order chi connectivity index (χ0) is 24.5. The number of nitrogens with zero attached hydrogens (tertiary/aromatic N) is 2. The number of Topliss-reactive ketones (excluding diaryl/α,β-unsaturated/α-hetero) is 1. The van der Waals surface area contributed by atoms with Crippen molar-refractivity contribution in [3.8, 4) is 11.1 Å². The summed E-state index contributed by atoms with van der Waals surface area (Å²) < 4.78 is -0.563. The molecule has 3 atom stereocenters. The van der Waals surface area contributed by atoms with E-state index in [1.165, 1.54) is 18.9 Å². The zero-order valence-corrected chi connectivity index (χ0v) is 20.0. The van der Waals surface area contributed by atoms with E-state index in [9.17, 15) is 19.5 Å². The van der Waals surface area contributed by atoms with Gasteiger partial charge >= 0.3 is 5.97 Å². The molecular formula is C25H27N3O5S. The van der Waals surface area contributed by atoms with Crippen molar-refractivity contribution in [2.75, 3.05) is 7.11 Å². The molecule has 1 amide bonds. The van der Waals surface area contributed by atoms with Crippen LogP contribution in [-0.4, -0.2) is 62.8 Å². The van der Waals surface area contributed by atoms with Crippen molar-refractivity contribution in [3.05, 3.63) is 60.2 Å². The van der Waals surface area contributed by atoms with Crippen molar-refractivity contribution in [3.63, 3.8) is 0 Å². The van der Waals surface area contributed by atoms with Crippen LogP contribution in [0.4, 0.5) is 0 Å². The molecule has 0 unspecified atom stereocenters. The molecule has 0 aromatic heterocycles. The Morgan fingerprint density at radius 3 is 2.32 bits per heavy atom. The molecule has 0 aliphatic carbocycles. The number of nitrogens with one attached hydrogen (secondary N) is 1. The largest absolute Gasteiger partial charge is 0.480 e. The molecule has 4 rings (SSSR count). The number of thioether (sulfide) groups is 1. The molecule has 2 aliphatic rings. The van der Waals surface area contributed by atoms with Crippen LogP contribution in [0.2, 0.25) is 0 Å². The lowest BCUT2D eigenvalue weighted by Crippen LogP contribution is -2.70. The Morgan fingerprint density at radius 2 is 1.71 bits per heavy atom. The summed E-state index contributed by atoms with van der Waals surface area (Å²) in [4.78, 5) is 43.7. The van der Waals surface area contributed by atoms with Gasteiger partial charge in [0.1, 0.15) is 24.6 Å². The van der Waals surface area contributed by atoms with Crippen LogP contribution in [-0.2, 0) is 14.4 Å². The third-order valence-electron chi connectivity index (χ3n) is 6.09. The number of carbonyl (C=O) groups is 3. The van der Waals surface area contributed by atoms with Gasteiger partial charge in [-0.25, -0.2) is 4.79 Å². The highest BCUT2D eigenvalue weighted by atomic mass is 32.2. The minimum absolute atomic E-state index is 0.0270. The molecule has 2 saturated heterocycles. The predicted octanol–water partition coefficient (Wildman–Crippen LogP) is 3.38. The van der Waals surface area contributed by atoms with Crippen molar-refractivity contribution < 1.29 is 24.3 Å². The van der Waals surface area contributed by atoms with Gasteiger partial charge < -0.3 is 20.2 Å². The molecule has 34 heavy (non-hydrogen) atoms. The van der Waals surface area contributed by atoms with Crippen LogP contribution in [0.1, 0.15) is 37.0 Å². The van der Waals surface area contributed by atoms with E-state index in [1.54, 1.807) is 17.0 Å². The first-order valence-corrected chi connectivity index (χ1v) is 11.9. The quantitative estimate of drug-likeness (QED) is 0.440. The number of benzene rings is 2. The van der Waals surface area contributed by atoms with Gasteiger partial charge in [-0.15, -0.1) is 11.8 Å². The minimum atomic E-state index is -0.947. The third-order valence-corrected chi connectivity index (χ3v) is 7.66. The first-order valence-electron chi connectivity index (χ1n) is 11.0. The van der Waals surface area contributed by atoms with E-state index in [2.05, 4.69) is 10.5 Å². The average Bonchev–Trinajstić information content (AvgIpc) is 3.08. The van der Waals surface area contributed by atoms with Gasteiger partial charge in [0.25, 0.3) is 0 Å².